The minimum absolute atomic E-state index is 0.453. The van der Waals surface area contributed by atoms with Gasteiger partial charge in [-0.05, 0) is 24.8 Å². The topological polar surface area (TPSA) is 79.6 Å². The fraction of sp³-hybridized carbons (Fsp3) is 0.625. The molecule has 1 unspecified atom stereocenters. The quantitative estimate of drug-likeness (QED) is 0.460. The molecule has 0 aliphatic carbocycles. The van der Waals surface area contributed by atoms with Crippen molar-refractivity contribution in [1.29, 1.82) is 0 Å². The number of aryl methyl sites for hydroxylation is 1. The van der Waals surface area contributed by atoms with E-state index in [1.165, 1.54) is 5.56 Å². The molecule has 2 N–H and O–H groups in total. The summed E-state index contributed by atoms with van der Waals surface area (Å²) < 4.78 is 7.63. The van der Waals surface area contributed by atoms with E-state index in [9.17, 15) is 0 Å². The number of ether oxygens (including phenoxy) is 1. The van der Waals surface area contributed by atoms with E-state index in [1.807, 2.05) is 6.33 Å². The van der Waals surface area contributed by atoms with Crippen molar-refractivity contribution in [3.05, 3.63) is 48.0 Å². The Morgan fingerprint density at radius 2 is 2.03 bits per heavy atom. The maximum absolute atomic E-state index is 5.52. The summed E-state index contributed by atoms with van der Waals surface area (Å²) >= 11 is 0. The number of benzene rings is 1. The Kier molecular flexibility index (Phi) is 8.50. The van der Waals surface area contributed by atoms with E-state index in [0.29, 0.717) is 12.0 Å². The Bertz CT molecular complexity index is 824. The molecule has 32 heavy (non-hydrogen) atoms. The normalized spacial score (nSPS) is 20.5. The standard InChI is InChI=1S/C24H37N7O/c1-2-23-29-27-19-31(23)14-11-25-24(26-16-21-10-15-32-18-21)28-22-8-12-30(13-9-22)17-20-6-4-3-5-7-20/h3-7,19,21-22H,2,8-18H2,1H3,(H2,25,26,28). The molecular formula is C24H37N7O. The molecule has 0 saturated carbocycles. The highest BCUT2D eigenvalue weighted by Crippen LogP contribution is 2.15. The Balaban J connectivity index is 1.27. The number of nitrogens with one attached hydrogen (secondary N) is 2. The van der Waals surface area contributed by atoms with E-state index in [0.717, 1.165) is 89.9 Å². The molecule has 3 heterocycles. The van der Waals surface area contributed by atoms with Crippen molar-refractivity contribution in [2.24, 2.45) is 10.9 Å². The molecule has 1 atom stereocenters. The monoisotopic (exact) mass is 439 g/mol. The molecule has 2 aliphatic heterocycles. The van der Waals surface area contributed by atoms with Crippen LogP contribution in [0.4, 0.5) is 0 Å². The van der Waals surface area contributed by atoms with Gasteiger partial charge in [0.2, 0.25) is 0 Å². The SMILES string of the molecule is CCc1nncn1CCNC(=NCC1CCOC1)NC1CCN(Cc2ccccc2)CC1. The largest absolute Gasteiger partial charge is 0.381 e. The zero-order valence-electron chi connectivity index (χ0n) is 19.2. The van der Waals surface area contributed by atoms with Crippen molar-refractivity contribution in [2.75, 3.05) is 39.4 Å². The fourth-order valence-corrected chi connectivity index (χ4v) is 4.40. The average Bonchev–Trinajstić information content (AvgIpc) is 3.51. The summed E-state index contributed by atoms with van der Waals surface area (Å²) in [6, 6.07) is 11.2. The summed E-state index contributed by atoms with van der Waals surface area (Å²) in [6.45, 7) is 9.49. The van der Waals surface area contributed by atoms with Gasteiger partial charge in [0.05, 0.1) is 6.61 Å². The highest BCUT2D eigenvalue weighted by molar-refractivity contribution is 5.80. The van der Waals surface area contributed by atoms with Crippen LogP contribution >= 0.6 is 0 Å². The van der Waals surface area contributed by atoms with Crippen molar-refractivity contribution in [1.82, 2.24) is 30.3 Å². The summed E-state index contributed by atoms with van der Waals surface area (Å²) in [7, 11) is 0. The van der Waals surface area contributed by atoms with Gasteiger partial charge in [-0.15, -0.1) is 10.2 Å². The van der Waals surface area contributed by atoms with Gasteiger partial charge in [-0.2, -0.15) is 0 Å². The Hall–Kier alpha value is -2.45. The molecule has 0 spiro atoms. The highest BCUT2D eigenvalue weighted by atomic mass is 16.5. The Morgan fingerprint density at radius 1 is 1.19 bits per heavy atom. The second-order valence-corrected chi connectivity index (χ2v) is 8.82. The number of hydrogen-bond donors (Lipinski definition) is 2. The Labute approximate surface area is 191 Å². The van der Waals surface area contributed by atoms with E-state index < -0.39 is 0 Å². The van der Waals surface area contributed by atoms with Gasteiger partial charge < -0.3 is 19.9 Å². The van der Waals surface area contributed by atoms with Crippen LogP contribution in [0.1, 0.15) is 37.6 Å². The van der Waals surface area contributed by atoms with Crippen LogP contribution in [-0.2, 0) is 24.2 Å². The van der Waals surface area contributed by atoms with Crippen LogP contribution in [0.25, 0.3) is 0 Å². The molecule has 2 aromatic rings. The highest BCUT2D eigenvalue weighted by Gasteiger charge is 2.21. The maximum Gasteiger partial charge on any atom is 0.191 e. The fourth-order valence-electron chi connectivity index (χ4n) is 4.40. The number of aliphatic imine (C=N–C) groups is 1. The van der Waals surface area contributed by atoms with Gasteiger partial charge in [-0.1, -0.05) is 37.3 Å². The van der Waals surface area contributed by atoms with Crippen LogP contribution in [-0.4, -0.2) is 71.1 Å². The predicted molar refractivity (Wildman–Crippen MR) is 127 cm³/mol. The lowest BCUT2D eigenvalue weighted by Crippen LogP contribution is -2.49. The molecule has 1 aromatic carbocycles. The first kappa shape index (κ1) is 22.7. The third-order valence-corrected chi connectivity index (χ3v) is 6.37. The molecule has 2 saturated heterocycles. The third kappa shape index (κ3) is 6.77. The van der Waals surface area contributed by atoms with Crippen molar-refractivity contribution in [3.63, 3.8) is 0 Å². The number of likely N-dealkylation sites (tertiary alicyclic amines) is 1. The average molecular weight is 440 g/mol. The van der Waals surface area contributed by atoms with Gasteiger partial charge in [-0.3, -0.25) is 9.89 Å². The van der Waals surface area contributed by atoms with Crippen molar-refractivity contribution in [3.8, 4) is 0 Å². The van der Waals surface area contributed by atoms with E-state index in [2.05, 4.69) is 67.6 Å². The molecule has 4 rings (SSSR count). The van der Waals surface area contributed by atoms with E-state index in [-0.39, 0.29) is 0 Å². The zero-order chi connectivity index (χ0) is 22.0. The molecule has 8 heteroatoms. The van der Waals surface area contributed by atoms with Gasteiger partial charge in [0.1, 0.15) is 12.2 Å². The van der Waals surface area contributed by atoms with Crippen LogP contribution in [0.3, 0.4) is 0 Å². The van der Waals surface area contributed by atoms with Crippen molar-refractivity contribution >= 4 is 5.96 Å². The first-order valence-corrected chi connectivity index (χ1v) is 12.1. The minimum atomic E-state index is 0.453. The van der Waals surface area contributed by atoms with Gasteiger partial charge >= 0.3 is 0 Å². The number of nitrogens with zero attached hydrogens (tertiary/aromatic N) is 5. The molecule has 0 amide bonds. The zero-order valence-corrected chi connectivity index (χ0v) is 19.2. The number of guanidine groups is 1. The smallest absolute Gasteiger partial charge is 0.191 e. The number of piperidine rings is 1. The van der Waals surface area contributed by atoms with E-state index in [4.69, 9.17) is 9.73 Å². The first-order chi connectivity index (χ1) is 15.8. The van der Waals surface area contributed by atoms with Crippen LogP contribution in [0.5, 0.6) is 0 Å². The second-order valence-electron chi connectivity index (χ2n) is 8.82. The van der Waals surface area contributed by atoms with Crippen LogP contribution in [0.15, 0.2) is 41.7 Å². The molecular weight excluding hydrogens is 402 g/mol. The molecule has 2 fully saturated rings. The van der Waals surface area contributed by atoms with Gasteiger partial charge in [0.15, 0.2) is 5.96 Å². The van der Waals surface area contributed by atoms with Crippen LogP contribution in [0, 0.1) is 5.92 Å². The Morgan fingerprint density at radius 3 is 2.78 bits per heavy atom. The van der Waals surface area contributed by atoms with Crippen LogP contribution in [0.2, 0.25) is 0 Å². The van der Waals surface area contributed by atoms with E-state index >= 15 is 0 Å². The molecule has 8 nitrogen and oxygen atoms in total. The molecule has 2 aliphatic rings. The molecule has 0 bridgehead atoms. The number of hydrogen-bond acceptors (Lipinski definition) is 5. The van der Waals surface area contributed by atoms with Crippen molar-refractivity contribution < 1.29 is 4.74 Å². The maximum atomic E-state index is 5.52. The minimum Gasteiger partial charge on any atom is -0.381 e. The molecule has 1 aromatic heterocycles. The summed E-state index contributed by atoms with van der Waals surface area (Å²) in [4.78, 5) is 7.46. The summed E-state index contributed by atoms with van der Waals surface area (Å²) in [5.41, 5.74) is 1.39. The lowest BCUT2D eigenvalue weighted by molar-refractivity contribution is 0.187. The second kappa shape index (κ2) is 12.0. The summed E-state index contributed by atoms with van der Waals surface area (Å²) in [5, 5.41) is 15.4. The predicted octanol–water partition coefficient (Wildman–Crippen LogP) is 2.08. The van der Waals surface area contributed by atoms with E-state index in [1.54, 1.807) is 0 Å². The lowest BCUT2D eigenvalue weighted by Gasteiger charge is -2.33. The van der Waals surface area contributed by atoms with Crippen molar-refractivity contribution in [2.45, 2.75) is 51.7 Å². The molecule has 174 valence electrons. The number of aromatic nitrogens is 3. The third-order valence-electron chi connectivity index (χ3n) is 6.37. The number of rotatable bonds is 9. The first-order valence-electron chi connectivity index (χ1n) is 12.1. The van der Waals surface area contributed by atoms with Gasteiger partial charge in [-0.25, -0.2) is 0 Å². The lowest BCUT2D eigenvalue weighted by atomic mass is 10.0. The van der Waals surface area contributed by atoms with Gasteiger partial charge in [0, 0.05) is 64.3 Å². The summed E-state index contributed by atoms with van der Waals surface area (Å²) in [5.74, 6) is 2.47. The van der Waals surface area contributed by atoms with Crippen LogP contribution < -0.4 is 10.6 Å². The van der Waals surface area contributed by atoms with Gasteiger partial charge in [0.25, 0.3) is 0 Å². The summed E-state index contributed by atoms with van der Waals surface area (Å²) in [6.07, 6.45) is 6.07. The molecule has 0 radical (unpaired) electrons.